The van der Waals surface area contributed by atoms with Gasteiger partial charge in [-0.25, -0.2) is 9.00 Å². The highest BCUT2D eigenvalue weighted by Gasteiger charge is 2.17. The smallest absolute Gasteiger partial charge is 0.419 e. The number of rotatable bonds is 8. The predicted molar refractivity (Wildman–Crippen MR) is 135 cm³/mol. The van der Waals surface area contributed by atoms with Gasteiger partial charge in [0.2, 0.25) is 0 Å². The van der Waals surface area contributed by atoms with E-state index in [-0.39, 0.29) is 24.7 Å². The zero-order valence-corrected chi connectivity index (χ0v) is 21.3. The first-order valence-electron chi connectivity index (χ1n) is 10.5. The molecule has 0 saturated heterocycles. The van der Waals surface area contributed by atoms with Crippen LogP contribution in [-0.2, 0) is 22.4 Å². The molecule has 0 aliphatic carbocycles. The zero-order valence-electron chi connectivity index (χ0n) is 19.7. The van der Waals surface area contributed by atoms with E-state index >= 15 is 0 Å². The van der Waals surface area contributed by atoms with Crippen LogP contribution in [0.4, 0.5) is 0 Å². The lowest BCUT2D eigenvalue weighted by Crippen LogP contribution is -2.16. The first kappa shape index (κ1) is 28.0. The van der Waals surface area contributed by atoms with Gasteiger partial charge in [0.1, 0.15) is 11.9 Å². The van der Waals surface area contributed by atoms with Gasteiger partial charge in [0.25, 0.3) is 0 Å². The number of allylic oxidation sites excluding steroid dienone is 4. The molecule has 0 fully saturated rings. The quantitative estimate of drug-likeness (QED) is 0.299. The van der Waals surface area contributed by atoms with Crippen molar-refractivity contribution in [2.75, 3.05) is 0 Å². The van der Waals surface area contributed by atoms with Gasteiger partial charge in [0, 0.05) is 23.7 Å². The van der Waals surface area contributed by atoms with E-state index in [1.54, 1.807) is 19.2 Å². The number of hydrogen-bond donors (Lipinski definition) is 2. The van der Waals surface area contributed by atoms with Gasteiger partial charge in [-0.1, -0.05) is 29.3 Å². The molecule has 35 heavy (non-hydrogen) atoms. The maximum atomic E-state index is 11.9. The summed E-state index contributed by atoms with van der Waals surface area (Å²) in [5.74, 6) is -1.29. The van der Waals surface area contributed by atoms with Crippen LogP contribution in [0.5, 0.6) is 5.75 Å². The molecular formula is C24H27ClN2O7S. The molecule has 0 radical (unpaired) electrons. The van der Waals surface area contributed by atoms with Crippen LogP contribution in [0.2, 0.25) is 5.02 Å². The Morgan fingerprint density at radius 3 is 2.57 bits per heavy atom. The zero-order chi connectivity index (χ0) is 26.1. The molecule has 2 heterocycles. The summed E-state index contributed by atoms with van der Waals surface area (Å²) in [6.07, 6.45) is 4.58. The number of carboxylic acid groups (broad SMARTS) is 1. The summed E-state index contributed by atoms with van der Waals surface area (Å²) in [6.45, 7) is 7.32. The lowest BCUT2D eigenvalue weighted by Gasteiger charge is -2.15. The van der Waals surface area contributed by atoms with Crippen molar-refractivity contribution in [1.82, 2.24) is 9.55 Å². The van der Waals surface area contributed by atoms with Gasteiger partial charge in [-0.3, -0.25) is 14.3 Å². The number of aliphatic carboxylic acids is 1. The third-order valence-corrected chi connectivity index (χ3v) is 5.59. The number of ether oxygens (including phenoxy) is 1. The Kier molecular flexibility index (Phi) is 10.4. The van der Waals surface area contributed by atoms with Crippen LogP contribution >= 0.6 is 11.6 Å². The maximum Gasteiger partial charge on any atom is 0.419 e. The summed E-state index contributed by atoms with van der Waals surface area (Å²) in [5, 5.41) is 9.08. The average molecular weight is 523 g/mol. The van der Waals surface area contributed by atoms with Crippen LogP contribution in [0.3, 0.4) is 0 Å². The summed E-state index contributed by atoms with van der Waals surface area (Å²) in [5.41, 5.74) is 2.56. The highest BCUT2D eigenvalue weighted by molar-refractivity contribution is 7.83. The van der Waals surface area contributed by atoms with E-state index in [0.29, 0.717) is 21.2 Å². The Hall–Kier alpha value is -3.21. The summed E-state index contributed by atoms with van der Waals surface area (Å²) in [6, 6.07) is 8.55. The summed E-state index contributed by atoms with van der Waals surface area (Å²) >= 11 is 4.45. The van der Waals surface area contributed by atoms with E-state index in [0.717, 1.165) is 11.3 Å². The number of aromatic nitrogens is 2. The van der Waals surface area contributed by atoms with Crippen molar-refractivity contribution in [1.29, 1.82) is 0 Å². The summed E-state index contributed by atoms with van der Waals surface area (Å²) < 4.78 is 31.1. The number of carbonyl (C=O) groups is 1. The van der Waals surface area contributed by atoms with Gasteiger partial charge < -0.3 is 18.8 Å². The number of carboxylic acids is 1. The van der Waals surface area contributed by atoms with Crippen LogP contribution < -0.4 is 10.5 Å². The van der Waals surface area contributed by atoms with Gasteiger partial charge in [-0.15, -0.1) is 0 Å². The van der Waals surface area contributed by atoms with Gasteiger partial charge in [-0.05, 0) is 52.0 Å². The summed E-state index contributed by atoms with van der Waals surface area (Å²) in [7, 11) is 0. The average Bonchev–Trinajstić information content (AvgIpc) is 3.10. The van der Waals surface area contributed by atoms with Crippen LogP contribution in [-0.4, -0.2) is 29.4 Å². The van der Waals surface area contributed by atoms with Crippen LogP contribution in [0.1, 0.15) is 45.9 Å². The Labute approximate surface area is 210 Å². The molecule has 1 unspecified atom stereocenters. The van der Waals surface area contributed by atoms with Crippen LogP contribution in [0.25, 0.3) is 11.1 Å². The topological polar surface area (TPSA) is 132 Å². The minimum atomic E-state index is -1.81. The molecule has 11 heteroatoms. The molecule has 2 atom stereocenters. The van der Waals surface area contributed by atoms with E-state index < -0.39 is 22.8 Å². The Balaban J connectivity index is 0.000000367. The van der Waals surface area contributed by atoms with E-state index in [9.17, 15) is 13.8 Å². The molecule has 3 rings (SSSR count). The number of aryl methyl sites for hydroxylation is 1. The van der Waals surface area contributed by atoms with E-state index in [2.05, 4.69) is 4.98 Å². The highest BCUT2D eigenvalue weighted by Crippen LogP contribution is 2.32. The molecular weight excluding hydrogens is 496 g/mol. The predicted octanol–water partition coefficient (Wildman–Crippen LogP) is 5.34. The lowest BCUT2D eigenvalue weighted by atomic mass is 10.2. The normalized spacial score (nSPS) is 12.9. The van der Waals surface area contributed by atoms with Gasteiger partial charge in [-0.2, -0.15) is 0 Å². The third-order valence-electron chi connectivity index (χ3n) is 4.61. The first-order valence-corrected chi connectivity index (χ1v) is 12.0. The molecule has 0 bridgehead atoms. The second-order valence-corrected chi connectivity index (χ2v) is 9.25. The maximum absolute atomic E-state index is 11.9. The molecule has 9 nitrogen and oxygen atoms in total. The second kappa shape index (κ2) is 13.0. The molecule has 2 N–H and O–H groups in total. The van der Waals surface area contributed by atoms with Gasteiger partial charge >= 0.3 is 11.7 Å². The van der Waals surface area contributed by atoms with E-state index in [1.165, 1.54) is 16.7 Å². The molecule has 2 aromatic heterocycles. The number of benzene rings is 1. The minimum absolute atomic E-state index is 0.00202. The largest absolute Gasteiger partial charge is 0.483 e. The van der Waals surface area contributed by atoms with Crippen molar-refractivity contribution in [2.24, 2.45) is 0 Å². The molecule has 0 saturated carbocycles. The van der Waals surface area contributed by atoms with Crippen molar-refractivity contribution in [3.63, 3.8) is 0 Å². The second-order valence-electron chi connectivity index (χ2n) is 7.70. The molecule has 188 valence electrons. The molecule has 1 aromatic carbocycles. The number of nitrogens with zero attached hydrogens (tertiary/aromatic N) is 2. The summed E-state index contributed by atoms with van der Waals surface area (Å²) in [4.78, 5) is 27.3. The van der Waals surface area contributed by atoms with E-state index in [4.69, 9.17) is 30.4 Å². The molecule has 0 spiro atoms. The number of fused-ring (bicyclic) bond motifs is 1. The van der Waals surface area contributed by atoms with Crippen LogP contribution in [0.15, 0.2) is 68.4 Å². The Bertz CT molecular complexity index is 1310. The van der Waals surface area contributed by atoms with Crippen molar-refractivity contribution in [3.05, 3.63) is 80.4 Å². The number of oxazole rings is 1. The van der Waals surface area contributed by atoms with Gasteiger partial charge in [0.05, 0.1) is 22.7 Å². The minimum Gasteiger partial charge on any atom is -0.483 e. The van der Waals surface area contributed by atoms with Crippen molar-refractivity contribution >= 4 is 39.8 Å². The SMILES string of the molecule is CC(C)=C/C=C(\C)S(=O)O.C[C@@H](Oc1cc2oc(=O)n(CCC(=O)O)c2cc1Cl)c1ccccn1. The Morgan fingerprint density at radius 1 is 1.29 bits per heavy atom. The lowest BCUT2D eigenvalue weighted by molar-refractivity contribution is -0.137. The van der Waals surface area contributed by atoms with Crippen LogP contribution in [0, 0.1) is 0 Å². The van der Waals surface area contributed by atoms with Crippen molar-refractivity contribution in [3.8, 4) is 5.75 Å². The monoisotopic (exact) mass is 522 g/mol. The molecule has 0 amide bonds. The van der Waals surface area contributed by atoms with E-state index in [1.807, 2.05) is 45.0 Å². The fraction of sp³-hybridized carbons (Fsp3) is 0.292. The molecule has 3 aromatic rings. The standard InChI is InChI=1S/C17H15ClN2O5.C7H12O2S/c1-10(12-4-2-3-6-19-12)24-14-9-15-13(8-11(14)18)20(17(23)25-15)7-5-16(21)22;1-6(2)4-5-7(3)10(8)9/h2-4,6,8-10H,5,7H2,1H3,(H,21,22);4-5H,1-3H3,(H,8,9)/b;7-5+/t10-;/m1./s1. The third kappa shape index (κ3) is 8.50. The van der Waals surface area contributed by atoms with Crippen molar-refractivity contribution in [2.45, 2.75) is 46.8 Å². The fourth-order valence-electron chi connectivity index (χ4n) is 2.78. The Morgan fingerprint density at radius 2 is 2.00 bits per heavy atom. The number of hydrogen-bond acceptors (Lipinski definition) is 6. The highest BCUT2D eigenvalue weighted by atomic mass is 35.5. The van der Waals surface area contributed by atoms with Gasteiger partial charge in [0.15, 0.2) is 16.7 Å². The number of pyridine rings is 1. The molecule has 0 aliphatic heterocycles. The van der Waals surface area contributed by atoms with Crippen molar-refractivity contribution < 1.29 is 27.8 Å². The molecule has 0 aliphatic rings. The fourth-order valence-corrected chi connectivity index (χ4v) is 3.17. The number of halogens is 1. The first-order chi connectivity index (χ1) is 16.5.